The highest BCUT2D eigenvalue weighted by Gasteiger charge is 2.22. The van der Waals surface area contributed by atoms with Crippen LogP contribution in [0.4, 0.5) is 14.9 Å². The Morgan fingerprint density at radius 1 is 1.12 bits per heavy atom. The van der Waals surface area contributed by atoms with E-state index in [0.717, 1.165) is 11.1 Å². The van der Waals surface area contributed by atoms with Gasteiger partial charge in [-0.1, -0.05) is 24.3 Å². The highest BCUT2D eigenvalue weighted by atomic mass is 19.1. The van der Waals surface area contributed by atoms with Crippen LogP contribution in [0.2, 0.25) is 0 Å². The Bertz CT molecular complexity index is 708. The summed E-state index contributed by atoms with van der Waals surface area (Å²) in [7, 11) is 0. The van der Waals surface area contributed by atoms with Crippen molar-refractivity contribution in [2.24, 2.45) is 0 Å². The molecule has 25 heavy (non-hydrogen) atoms. The van der Waals surface area contributed by atoms with Gasteiger partial charge in [-0.25, -0.2) is 9.18 Å². The Kier molecular flexibility index (Phi) is 6.02. The third-order valence-corrected chi connectivity index (χ3v) is 3.56. The molecule has 2 aromatic rings. The number of nitrogens with zero attached hydrogens (tertiary/aromatic N) is 1. The summed E-state index contributed by atoms with van der Waals surface area (Å²) >= 11 is 0. The fourth-order valence-corrected chi connectivity index (χ4v) is 2.38. The van der Waals surface area contributed by atoms with Crippen LogP contribution < -0.4 is 5.73 Å². The normalized spacial score (nSPS) is 11.2. The summed E-state index contributed by atoms with van der Waals surface area (Å²) in [5, 5.41) is 0. The second kappa shape index (κ2) is 8.01. The van der Waals surface area contributed by atoms with Crippen LogP contribution in [0, 0.1) is 5.82 Å². The zero-order valence-corrected chi connectivity index (χ0v) is 15.0. The Labute approximate surface area is 148 Å². The monoisotopic (exact) mass is 344 g/mol. The summed E-state index contributed by atoms with van der Waals surface area (Å²) in [5.41, 5.74) is 7.82. The van der Waals surface area contributed by atoms with Gasteiger partial charge in [0.05, 0.1) is 0 Å². The van der Waals surface area contributed by atoms with E-state index in [9.17, 15) is 9.18 Å². The number of ether oxygens (including phenoxy) is 1. The maximum absolute atomic E-state index is 13.1. The van der Waals surface area contributed by atoms with Gasteiger partial charge in [0.15, 0.2) is 0 Å². The minimum Gasteiger partial charge on any atom is -0.444 e. The molecule has 0 aromatic heterocycles. The molecule has 2 N–H and O–H groups in total. The number of nitrogens with two attached hydrogens (primary N) is 1. The molecule has 0 bridgehead atoms. The smallest absolute Gasteiger partial charge is 0.410 e. The van der Waals surface area contributed by atoms with Crippen molar-refractivity contribution in [3.05, 3.63) is 65.5 Å². The lowest BCUT2D eigenvalue weighted by Gasteiger charge is -2.27. The maximum atomic E-state index is 13.1. The van der Waals surface area contributed by atoms with E-state index in [0.29, 0.717) is 25.2 Å². The molecular weight excluding hydrogens is 319 g/mol. The SMILES string of the molecule is CC(C)(C)OC(=O)N(CCc1cccc(N)c1)Cc1ccc(F)cc1. The van der Waals surface area contributed by atoms with Gasteiger partial charge in [-0.2, -0.15) is 0 Å². The van der Waals surface area contributed by atoms with Gasteiger partial charge in [0, 0.05) is 18.8 Å². The molecule has 134 valence electrons. The van der Waals surface area contributed by atoms with Gasteiger partial charge in [-0.3, -0.25) is 0 Å². The average molecular weight is 344 g/mol. The van der Waals surface area contributed by atoms with Crippen molar-refractivity contribution in [2.75, 3.05) is 12.3 Å². The van der Waals surface area contributed by atoms with E-state index in [-0.39, 0.29) is 11.9 Å². The molecule has 0 aliphatic rings. The summed E-state index contributed by atoms with van der Waals surface area (Å²) in [6.45, 7) is 6.34. The lowest BCUT2D eigenvalue weighted by molar-refractivity contribution is 0.0236. The van der Waals surface area contributed by atoms with Crippen LogP contribution in [0.15, 0.2) is 48.5 Å². The fourth-order valence-electron chi connectivity index (χ4n) is 2.38. The van der Waals surface area contributed by atoms with Gasteiger partial charge in [0.25, 0.3) is 0 Å². The molecule has 0 unspecified atom stereocenters. The van der Waals surface area contributed by atoms with E-state index in [1.165, 1.54) is 12.1 Å². The summed E-state index contributed by atoms with van der Waals surface area (Å²) in [5.74, 6) is -0.299. The van der Waals surface area contributed by atoms with Gasteiger partial charge in [-0.05, 0) is 62.6 Å². The standard InChI is InChI=1S/C20H25FN2O2/c1-20(2,3)25-19(24)23(14-16-7-9-17(21)10-8-16)12-11-15-5-4-6-18(22)13-15/h4-10,13H,11-12,14,22H2,1-3H3. The summed E-state index contributed by atoms with van der Waals surface area (Å²) in [4.78, 5) is 14.1. The van der Waals surface area contributed by atoms with Crippen molar-refractivity contribution >= 4 is 11.8 Å². The number of amides is 1. The van der Waals surface area contributed by atoms with Gasteiger partial charge < -0.3 is 15.4 Å². The lowest BCUT2D eigenvalue weighted by Crippen LogP contribution is -2.37. The molecule has 0 saturated heterocycles. The third kappa shape index (κ3) is 6.45. The topological polar surface area (TPSA) is 55.6 Å². The number of nitrogen functional groups attached to an aromatic ring is 1. The molecule has 0 atom stereocenters. The van der Waals surface area contributed by atoms with E-state index >= 15 is 0 Å². The highest BCUT2D eigenvalue weighted by Crippen LogP contribution is 2.15. The van der Waals surface area contributed by atoms with Gasteiger partial charge in [-0.15, -0.1) is 0 Å². The zero-order chi connectivity index (χ0) is 18.4. The molecule has 4 nitrogen and oxygen atoms in total. The average Bonchev–Trinajstić information content (AvgIpc) is 2.51. The number of benzene rings is 2. The van der Waals surface area contributed by atoms with Crippen LogP contribution >= 0.6 is 0 Å². The third-order valence-electron chi connectivity index (χ3n) is 3.56. The fraction of sp³-hybridized carbons (Fsp3) is 0.350. The van der Waals surface area contributed by atoms with Crippen LogP contribution in [0.5, 0.6) is 0 Å². The van der Waals surface area contributed by atoms with E-state index in [4.69, 9.17) is 10.5 Å². The zero-order valence-electron chi connectivity index (χ0n) is 15.0. The predicted molar refractivity (Wildman–Crippen MR) is 97.6 cm³/mol. The van der Waals surface area contributed by atoms with E-state index in [1.54, 1.807) is 17.0 Å². The maximum Gasteiger partial charge on any atom is 0.410 e. The van der Waals surface area contributed by atoms with E-state index in [1.807, 2.05) is 45.0 Å². The van der Waals surface area contributed by atoms with E-state index in [2.05, 4.69) is 0 Å². The van der Waals surface area contributed by atoms with Gasteiger partial charge in [0.2, 0.25) is 0 Å². The minimum absolute atomic E-state index is 0.299. The number of carbonyl (C=O) groups excluding carboxylic acids is 1. The molecule has 0 radical (unpaired) electrons. The highest BCUT2D eigenvalue weighted by molar-refractivity contribution is 5.68. The largest absolute Gasteiger partial charge is 0.444 e. The quantitative estimate of drug-likeness (QED) is 0.819. The first-order chi connectivity index (χ1) is 11.7. The number of halogens is 1. The molecule has 0 spiro atoms. The van der Waals surface area contributed by atoms with Crippen LogP contribution in [0.1, 0.15) is 31.9 Å². The van der Waals surface area contributed by atoms with E-state index < -0.39 is 5.60 Å². The lowest BCUT2D eigenvalue weighted by atomic mass is 10.1. The summed E-state index contributed by atoms with van der Waals surface area (Å²) < 4.78 is 18.6. The van der Waals surface area contributed by atoms with Crippen molar-refractivity contribution in [2.45, 2.75) is 39.3 Å². The molecule has 0 saturated carbocycles. The molecule has 0 fully saturated rings. The Hall–Kier alpha value is -2.56. The number of hydrogen-bond donors (Lipinski definition) is 1. The van der Waals surface area contributed by atoms with Crippen molar-refractivity contribution in [1.82, 2.24) is 4.90 Å². The van der Waals surface area contributed by atoms with Crippen LogP contribution in [-0.2, 0) is 17.7 Å². The predicted octanol–water partition coefficient (Wildman–Crippen LogP) is 4.39. The van der Waals surface area contributed by atoms with Crippen LogP contribution in [-0.4, -0.2) is 23.1 Å². The second-order valence-electron chi connectivity index (χ2n) is 7.02. The Balaban J connectivity index is 2.10. The van der Waals surface area contributed by atoms with Crippen molar-refractivity contribution in [1.29, 1.82) is 0 Å². The Morgan fingerprint density at radius 3 is 2.40 bits per heavy atom. The first kappa shape index (κ1) is 18.8. The van der Waals surface area contributed by atoms with Crippen molar-refractivity contribution < 1.29 is 13.9 Å². The molecule has 0 aliphatic carbocycles. The molecule has 2 aromatic carbocycles. The molecule has 5 heteroatoms. The molecule has 2 rings (SSSR count). The van der Waals surface area contributed by atoms with Gasteiger partial charge in [0.1, 0.15) is 11.4 Å². The first-order valence-corrected chi connectivity index (χ1v) is 8.30. The minimum atomic E-state index is -0.574. The number of anilines is 1. The molecule has 1 amide bonds. The molecule has 0 aliphatic heterocycles. The molecular formula is C20H25FN2O2. The van der Waals surface area contributed by atoms with Crippen LogP contribution in [0.3, 0.4) is 0 Å². The van der Waals surface area contributed by atoms with Crippen molar-refractivity contribution in [3.63, 3.8) is 0 Å². The van der Waals surface area contributed by atoms with Crippen LogP contribution in [0.25, 0.3) is 0 Å². The van der Waals surface area contributed by atoms with Crippen molar-refractivity contribution in [3.8, 4) is 0 Å². The number of rotatable bonds is 5. The van der Waals surface area contributed by atoms with Gasteiger partial charge >= 0.3 is 6.09 Å². The summed E-state index contributed by atoms with van der Waals surface area (Å²) in [6.07, 6.45) is 0.270. The number of carbonyl (C=O) groups is 1. The number of hydrogen-bond acceptors (Lipinski definition) is 3. The Morgan fingerprint density at radius 2 is 1.80 bits per heavy atom. The summed E-state index contributed by atoms with van der Waals surface area (Å²) in [6, 6.07) is 13.7. The molecule has 0 heterocycles. The second-order valence-corrected chi connectivity index (χ2v) is 7.02. The first-order valence-electron chi connectivity index (χ1n) is 8.30.